The van der Waals surface area contributed by atoms with Crippen molar-refractivity contribution in [1.29, 1.82) is 0 Å². The molecule has 1 rings (SSSR count). The molecule has 0 saturated carbocycles. The van der Waals surface area contributed by atoms with Crippen LogP contribution in [-0.2, 0) is 0 Å². The van der Waals surface area contributed by atoms with Gasteiger partial charge in [-0.1, -0.05) is 13.3 Å². The summed E-state index contributed by atoms with van der Waals surface area (Å²) in [5, 5.41) is 3.28. The Morgan fingerprint density at radius 3 is 2.89 bits per heavy atom. The molecule has 0 amide bonds. The molecule has 0 spiro atoms. The van der Waals surface area contributed by atoms with Gasteiger partial charge in [0.05, 0.1) is 0 Å². The Morgan fingerprint density at radius 1 is 1.67 bits per heavy atom. The molecule has 0 aromatic carbocycles. The number of terminal acetylenes is 1. The van der Waals surface area contributed by atoms with Crippen LogP contribution < -0.4 is 5.32 Å². The van der Waals surface area contributed by atoms with Crippen molar-refractivity contribution in [3.05, 3.63) is 0 Å². The van der Waals surface area contributed by atoms with Gasteiger partial charge in [0.1, 0.15) is 0 Å². The molecule has 1 aliphatic rings. The van der Waals surface area contributed by atoms with Gasteiger partial charge in [0.25, 0.3) is 0 Å². The Morgan fingerprint density at radius 2 is 2.44 bits per heavy atom. The zero-order valence-corrected chi connectivity index (χ0v) is 5.85. The van der Waals surface area contributed by atoms with Crippen molar-refractivity contribution in [2.75, 3.05) is 13.1 Å². The maximum Gasteiger partial charge on any atom is 0.0365 e. The van der Waals surface area contributed by atoms with E-state index in [2.05, 4.69) is 18.2 Å². The van der Waals surface area contributed by atoms with E-state index in [4.69, 9.17) is 6.42 Å². The van der Waals surface area contributed by atoms with E-state index in [1.54, 1.807) is 0 Å². The Hall–Kier alpha value is -0.480. The van der Waals surface area contributed by atoms with Gasteiger partial charge >= 0.3 is 0 Å². The largest absolute Gasteiger partial charge is 0.315 e. The van der Waals surface area contributed by atoms with Crippen LogP contribution in [0.1, 0.15) is 13.3 Å². The summed E-state index contributed by atoms with van der Waals surface area (Å²) in [6.45, 7) is 4.34. The summed E-state index contributed by atoms with van der Waals surface area (Å²) in [5.41, 5.74) is 0. The van der Waals surface area contributed by atoms with E-state index in [1.807, 2.05) is 0 Å². The molecule has 2 unspecified atom stereocenters. The summed E-state index contributed by atoms with van der Waals surface area (Å²) in [7, 11) is 0. The third-order valence-corrected chi connectivity index (χ3v) is 2.08. The Bertz CT molecular complexity index is 123. The molecule has 1 heterocycles. The molecule has 0 aromatic heterocycles. The normalized spacial score (nSPS) is 34.2. The zero-order valence-electron chi connectivity index (χ0n) is 5.85. The van der Waals surface area contributed by atoms with E-state index in [9.17, 15) is 0 Å². The van der Waals surface area contributed by atoms with Gasteiger partial charge < -0.3 is 5.32 Å². The molecular formula is C8H13N. The molecular weight excluding hydrogens is 110 g/mol. The monoisotopic (exact) mass is 123 g/mol. The number of nitrogens with one attached hydrogen (secondary N) is 1. The summed E-state index contributed by atoms with van der Waals surface area (Å²) >= 11 is 0. The van der Waals surface area contributed by atoms with Gasteiger partial charge in [0.2, 0.25) is 0 Å². The van der Waals surface area contributed by atoms with Crippen LogP contribution in [0.15, 0.2) is 0 Å². The molecule has 2 atom stereocenters. The van der Waals surface area contributed by atoms with Crippen molar-refractivity contribution in [3.8, 4) is 12.3 Å². The lowest BCUT2D eigenvalue weighted by Gasteiger charge is -2.08. The fourth-order valence-electron chi connectivity index (χ4n) is 1.36. The quantitative estimate of drug-likeness (QED) is 0.510. The first-order valence-corrected chi connectivity index (χ1v) is 3.55. The van der Waals surface area contributed by atoms with Gasteiger partial charge in [0.15, 0.2) is 0 Å². The smallest absolute Gasteiger partial charge is 0.0365 e. The minimum atomic E-state index is 0.495. The molecule has 1 fully saturated rings. The Balaban J connectivity index is 2.44. The second-order valence-electron chi connectivity index (χ2n) is 2.60. The second-order valence-corrected chi connectivity index (χ2v) is 2.60. The third kappa shape index (κ3) is 1.25. The van der Waals surface area contributed by atoms with Crippen LogP contribution in [-0.4, -0.2) is 13.1 Å². The van der Waals surface area contributed by atoms with E-state index in [1.165, 1.54) is 6.42 Å². The predicted molar refractivity (Wildman–Crippen MR) is 39.0 cm³/mol. The molecule has 1 aliphatic heterocycles. The predicted octanol–water partition coefficient (Wildman–Crippen LogP) is 0.865. The average Bonchev–Trinajstić information content (AvgIpc) is 2.33. The minimum absolute atomic E-state index is 0.495. The minimum Gasteiger partial charge on any atom is -0.315 e. The standard InChI is InChI=1S/C8H13N/c1-3-7-5-9-6-8(7)4-2/h1,7-9H,4-6H2,2H3. The van der Waals surface area contributed by atoms with Crippen LogP contribution in [0.3, 0.4) is 0 Å². The van der Waals surface area contributed by atoms with E-state index >= 15 is 0 Å². The lowest BCUT2D eigenvalue weighted by molar-refractivity contribution is 0.490. The Kier molecular flexibility index (Phi) is 2.13. The van der Waals surface area contributed by atoms with Crippen molar-refractivity contribution in [2.24, 2.45) is 11.8 Å². The van der Waals surface area contributed by atoms with Crippen LogP contribution >= 0.6 is 0 Å². The molecule has 0 bridgehead atoms. The topological polar surface area (TPSA) is 12.0 Å². The first-order valence-electron chi connectivity index (χ1n) is 3.55. The molecule has 1 heteroatoms. The van der Waals surface area contributed by atoms with Crippen LogP contribution in [0.4, 0.5) is 0 Å². The molecule has 9 heavy (non-hydrogen) atoms. The van der Waals surface area contributed by atoms with Crippen molar-refractivity contribution < 1.29 is 0 Å². The lowest BCUT2D eigenvalue weighted by atomic mass is 9.95. The fourth-order valence-corrected chi connectivity index (χ4v) is 1.36. The highest BCUT2D eigenvalue weighted by molar-refractivity contribution is 5.00. The van der Waals surface area contributed by atoms with Crippen molar-refractivity contribution in [3.63, 3.8) is 0 Å². The molecule has 1 nitrogen and oxygen atoms in total. The van der Waals surface area contributed by atoms with Gasteiger partial charge in [-0.3, -0.25) is 0 Å². The van der Waals surface area contributed by atoms with E-state index < -0.39 is 0 Å². The first kappa shape index (κ1) is 6.64. The van der Waals surface area contributed by atoms with Gasteiger partial charge in [-0.25, -0.2) is 0 Å². The van der Waals surface area contributed by atoms with Crippen LogP contribution in [0.2, 0.25) is 0 Å². The van der Waals surface area contributed by atoms with Gasteiger partial charge in [-0.15, -0.1) is 12.3 Å². The average molecular weight is 123 g/mol. The summed E-state index contributed by atoms with van der Waals surface area (Å²) in [6.07, 6.45) is 6.52. The third-order valence-electron chi connectivity index (χ3n) is 2.08. The van der Waals surface area contributed by atoms with Crippen molar-refractivity contribution >= 4 is 0 Å². The SMILES string of the molecule is C#CC1CNCC1CC. The first-order chi connectivity index (χ1) is 4.38. The van der Waals surface area contributed by atoms with Crippen molar-refractivity contribution in [2.45, 2.75) is 13.3 Å². The molecule has 50 valence electrons. The highest BCUT2D eigenvalue weighted by Crippen LogP contribution is 2.18. The lowest BCUT2D eigenvalue weighted by Crippen LogP contribution is -2.08. The molecule has 0 aromatic rings. The van der Waals surface area contributed by atoms with Gasteiger partial charge in [-0.05, 0) is 12.5 Å². The summed E-state index contributed by atoms with van der Waals surface area (Å²) in [5.74, 6) is 4.03. The van der Waals surface area contributed by atoms with E-state index in [-0.39, 0.29) is 0 Å². The van der Waals surface area contributed by atoms with Crippen molar-refractivity contribution in [1.82, 2.24) is 5.32 Å². The maximum absolute atomic E-state index is 5.31. The maximum atomic E-state index is 5.31. The molecule has 0 radical (unpaired) electrons. The van der Waals surface area contributed by atoms with Gasteiger partial charge in [-0.2, -0.15) is 0 Å². The van der Waals surface area contributed by atoms with E-state index in [0.717, 1.165) is 19.0 Å². The molecule has 1 N–H and O–H groups in total. The van der Waals surface area contributed by atoms with Crippen LogP contribution in [0, 0.1) is 24.2 Å². The van der Waals surface area contributed by atoms with Crippen LogP contribution in [0.5, 0.6) is 0 Å². The number of hydrogen-bond donors (Lipinski definition) is 1. The molecule has 0 aliphatic carbocycles. The summed E-state index contributed by atoms with van der Waals surface area (Å²) < 4.78 is 0. The number of rotatable bonds is 1. The Labute approximate surface area is 56.8 Å². The molecule has 1 saturated heterocycles. The van der Waals surface area contributed by atoms with Crippen LogP contribution in [0.25, 0.3) is 0 Å². The van der Waals surface area contributed by atoms with Gasteiger partial charge in [0, 0.05) is 12.5 Å². The highest BCUT2D eigenvalue weighted by Gasteiger charge is 2.22. The summed E-state index contributed by atoms with van der Waals surface area (Å²) in [6, 6.07) is 0. The highest BCUT2D eigenvalue weighted by atomic mass is 14.9. The van der Waals surface area contributed by atoms with E-state index in [0.29, 0.717) is 5.92 Å². The zero-order chi connectivity index (χ0) is 6.69. The summed E-state index contributed by atoms with van der Waals surface area (Å²) in [4.78, 5) is 0. The second kappa shape index (κ2) is 2.89. The fraction of sp³-hybridized carbons (Fsp3) is 0.750. The number of hydrogen-bond acceptors (Lipinski definition) is 1.